The van der Waals surface area contributed by atoms with Crippen LogP contribution in [0.1, 0.15) is 73.1 Å². The molecule has 0 aromatic carbocycles. The Bertz CT molecular complexity index is 268. The first-order valence-electron chi connectivity index (χ1n) is 7.56. The summed E-state index contributed by atoms with van der Waals surface area (Å²) in [5, 5.41) is 0. The first-order chi connectivity index (χ1) is 7.90. The second kappa shape index (κ2) is 4.57. The molecule has 100 valence electrons. The Hall–Kier alpha value is -0.0400. The maximum Gasteiger partial charge on any atom is 0.0617 e. The molecule has 0 saturated heterocycles. The molecule has 2 fully saturated rings. The molecule has 0 N–H and O–H groups in total. The highest BCUT2D eigenvalue weighted by atomic mass is 16.5. The molecule has 2 saturated carbocycles. The number of unbranched alkanes of at least 4 members (excludes halogenated alkanes) is 1. The van der Waals surface area contributed by atoms with Crippen LogP contribution in [0.4, 0.5) is 0 Å². The van der Waals surface area contributed by atoms with Gasteiger partial charge in [-0.3, -0.25) is 0 Å². The van der Waals surface area contributed by atoms with Crippen LogP contribution in [0.5, 0.6) is 0 Å². The van der Waals surface area contributed by atoms with Gasteiger partial charge in [-0.25, -0.2) is 0 Å². The Morgan fingerprint density at radius 1 is 1.29 bits per heavy atom. The minimum absolute atomic E-state index is 0.457. The molecule has 0 aliphatic heterocycles. The molecule has 2 bridgehead atoms. The lowest BCUT2D eigenvalue weighted by Gasteiger charge is -2.33. The van der Waals surface area contributed by atoms with Crippen LogP contribution in [0.2, 0.25) is 0 Å². The first-order valence-corrected chi connectivity index (χ1v) is 7.56. The third kappa shape index (κ3) is 2.16. The van der Waals surface area contributed by atoms with Crippen molar-refractivity contribution in [3.8, 4) is 0 Å². The summed E-state index contributed by atoms with van der Waals surface area (Å²) >= 11 is 0. The molecule has 0 spiro atoms. The van der Waals surface area contributed by atoms with Crippen molar-refractivity contribution in [1.82, 2.24) is 0 Å². The molecule has 2 aliphatic rings. The molecule has 4 unspecified atom stereocenters. The van der Waals surface area contributed by atoms with E-state index in [4.69, 9.17) is 4.74 Å². The molecular formula is C16H30O. The summed E-state index contributed by atoms with van der Waals surface area (Å²) in [4.78, 5) is 0. The topological polar surface area (TPSA) is 9.23 Å². The fourth-order valence-electron chi connectivity index (χ4n) is 4.21. The Labute approximate surface area is 107 Å². The van der Waals surface area contributed by atoms with Crippen molar-refractivity contribution in [2.24, 2.45) is 16.7 Å². The van der Waals surface area contributed by atoms with E-state index in [1.807, 2.05) is 0 Å². The van der Waals surface area contributed by atoms with Gasteiger partial charge in [-0.15, -0.1) is 0 Å². The second-order valence-electron chi connectivity index (χ2n) is 7.26. The summed E-state index contributed by atoms with van der Waals surface area (Å²) in [6.07, 6.45) is 8.90. The molecule has 0 heterocycles. The summed E-state index contributed by atoms with van der Waals surface area (Å²) in [6.45, 7) is 11.9. The maximum atomic E-state index is 6.35. The Morgan fingerprint density at radius 3 is 2.47 bits per heavy atom. The fraction of sp³-hybridized carbons (Fsp3) is 1.00. The van der Waals surface area contributed by atoms with E-state index in [0.717, 1.165) is 5.92 Å². The van der Waals surface area contributed by atoms with Crippen LogP contribution >= 0.6 is 0 Å². The molecule has 0 aromatic rings. The van der Waals surface area contributed by atoms with Crippen LogP contribution in [-0.2, 0) is 4.74 Å². The van der Waals surface area contributed by atoms with Crippen molar-refractivity contribution < 1.29 is 4.74 Å². The zero-order valence-electron chi connectivity index (χ0n) is 12.4. The fourth-order valence-corrected chi connectivity index (χ4v) is 4.21. The Balaban J connectivity index is 1.93. The van der Waals surface area contributed by atoms with Gasteiger partial charge >= 0.3 is 0 Å². The van der Waals surface area contributed by atoms with Gasteiger partial charge < -0.3 is 4.74 Å². The smallest absolute Gasteiger partial charge is 0.0617 e. The first kappa shape index (κ1) is 13.4. The van der Waals surface area contributed by atoms with Gasteiger partial charge in [0.15, 0.2) is 0 Å². The average molecular weight is 238 g/mol. The van der Waals surface area contributed by atoms with Crippen LogP contribution in [0.15, 0.2) is 0 Å². The molecule has 17 heavy (non-hydrogen) atoms. The van der Waals surface area contributed by atoms with Gasteiger partial charge in [0, 0.05) is 0 Å². The van der Waals surface area contributed by atoms with E-state index in [2.05, 4.69) is 34.6 Å². The predicted molar refractivity (Wildman–Crippen MR) is 73.1 cm³/mol. The molecule has 4 atom stereocenters. The molecule has 2 aliphatic carbocycles. The molecule has 0 aromatic heterocycles. The van der Waals surface area contributed by atoms with Crippen molar-refractivity contribution >= 4 is 0 Å². The lowest BCUT2D eigenvalue weighted by molar-refractivity contribution is -0.0433. The van der Waals surface area contributed by atoms with Gasteiger partial charge in [-0.1, -0.05) is 40.5 Å². The predicted octanol–water partition coefficient (Wildman–Crippen LogP) is 4.80. The van der Waals surface area contributed by atoms with Crippen molar-refractivity contribution in [2.45, 2.75) is 85.4 Å². The van der Waals surface area contributed by atoms with Gasteiger partial charge in [-0.05, 0) is 49.4 Å². The Morgan fingerprint density at radius 2 is 2.00 bits per heavy atom. The van der Waals surface area contributed by atoms with E-state index >= 15 is 0 Å². The molecule has 1 heteroatoms. The lowest BCUT2D eigenvalue weighted by Crippen LogP contribution is -2.28. The molecule has 1 nitrogen and oxygen atoms in total. The van der Waals surface area contributed by atoms with Crippen LogP contribution in [0.3, 0.4) is 0 Å². The normalized spacial score (nSPS) is 40.8. The van der Waals surface area contributed by atoms with Gasteiger partial charge in [0.05, 0.1) is 12.2 Å². The molecule has 2 rings (SSSR count). The van der Waals surface area contributed by atoms with Gasteiger partial charge in [0.25, 0.3) is 0 Å². The highest BCUT2D eigenvalue weighted by molar-refractivity contribution is 5.10. The van der Waals surface area contributed by atoms with E-state index in [0.29, 0.717) is 23.0 Å². The number of rotatable bonds is 5. The number of hydrogen-bond acceptors (Lipinski definition) is 1. The van der Waals surface area contributed by atoms with E-state index < -0.39 is 0 Å². The zero-order valence-corrected chi connectivity index (χ0v) is 12.4. The van der Waals surface area contributed by atoms with E-state index in [1.165, 1.54) is 38.5 Å². The largest absolute Gasteiger partial charge is 0.375 e. The van der Waals surface area contributed by atoms with Crippen LogP contribution < -0.4 is 0 Å². The monoisotopic (exact) mass is 238 g/mol. The quantitative estimate of drug-likeness (QED) is 0.668. The Kier molecular flexibility index (Phi) is 3.60. The SMILES string of the molecule is CCCCC(C)OC1CC2(C)CCC1C2(C)C. The average Bonchev–Trinajstić information content (AvgIpc) is 2.57. The van der Waals surface area contributed by atoms with Crippen LogP contribution in [0, 0.1) is 16.7 Å². The van der Waals surface area contributed by atoms with E-state index in [9.17, 15) is 0 Å². The summed E-state index contributed by atoms with van der Waals surface area (Å²) in [7, 11) is 0. The summed E-state index contributed by atoms with van der Waals surface area (Å²) < 4.78 is 6.35. The van der Waals surface area contributed by atoms with E-state index in [-0.39, 0.29) is 0 Å². The highest BCUT2D eigenvalue weighted by Gasteiger charge is 2.61. The highest BCUT2D eigenvalue weighted by Crippen LogP contribution is 2.66. The lowest BCUT2D eigenvalue weighted by atomic mass is 9.71. The van der Waals surface area contributed by atoms with Gasteiger partial charge in [0.2, 0.25) is 0 Å². The standard InChI is InChI=1S/C16H30O/c1-6-7-8-12(2)17-14-11-16(5)10-9-13(14)15(16,3)4/h12-14H,6-11H2,1-5H3. The third-order valence-electron chi connectivity index (χ3n) is 5.96. The summed E-state index contributed by atoms with van der Waals surface area (Å²) in [6, 6.07) is 0. The molecule has 0 radical (unpaired) electrons. The number of hydrogen-bond donors (Lipinski definition) is 0. The minimum Gasteiger partial charge on any atom is -0.375 e. The van der Waals surface area contributed by atoms with E-state index in [1.54, 1.807) is 0 Å². The zero-order chi connectivity index (χ0) is 12.7. The van der Waals surface area contributed by atoms with Gasteiger partial charge in [-0.2, -0.15) is 0 Å². The molecule has 0 amide bonds. The van der Waals surface area contributed by atoms with Crippen molar-refractivity contribution in [3.63, 3.8) is 0 Å². The maximum absolute atomic E-state index is 6.35. The number of fused-ring (bicyclic) bond motifs is 2. The molecular weight excluding hydrogens is 208 g/mol. The van der Waals surface area contributed by atoms with Gasteiger partial charge in [0.1, 0.15) is 0 Å². The van der Waals surface area contributed by atoms with Crippen molar-refractivity contribution in [2.75, 3.05) is 0 Å². The number of ether oxygens (including phenoxy) is 1. The van der Waals surface area contributed by atoms with Crippen LogP contribution in [0.25, 0.3) is 0 Å². The third-order valence-corrected chi connectivity index (χ3v) is 5.96. The summed E-state index contributed by atoms with van der Waals surface area (Å²) in [5.41, 5.74) is 1.02. The summed E-state index contributed by atoms with van der Waals surface area (Å²) in [5.74, 6) is 0.802. The minimum atomic E-state index is 0.457. The van der Waals surface area contributed by atoms with Crippen molar-refractivity contribution in [3.05, 3.63) is 0 Å². The van der Waals surface area contributed by atoms with Crippen molar-refractivity contribution in [1.29, 1.82) is 0 Å². The van der Waals surface area contributed by atoms with Crippen LogP contribution in [-0.4, -0.2) is 12.2 Å². The second-order valence-corrected chi connectivity index (χ2v) is 7.26.